The topological polar surface area (TPSA) is 85.7 Å². The lowest BCUT2D eigenvalue weighted by atomic mass is 10.2. The number of nitrogens with one attached hydrogen (secondary N) is 1. The number of fused-ring (bicyclic) bond motifs is 1. The minimum atomic E-state index is -0.497. The zero-order valence-electron chi connectivity index (χ0n) is 18.6. The molecule has 3 aromatic rings. The molecule has 0 bridgehead atoms. The fourth-order valence-corrected chi connectivity index (χ4v) is 3.70. The number of carbonyl (C=O) groups excluding carboxylic acids is 1. The summed E-state index contributed by atoms with van der Waals surface area (Å²) in [5.74, 6) is 1.12. The minimum absolute atomic E-state index is 0.193. The maximum absolute atomic E-state index is 13.2. The molecular formula is C23H27ClN4O4. The summed E-state index contributed by atoms with van der Waals surface area (Å²) in [6, 6.07) is 11.3. The first kappa shape index (κ1) is 23.6. The summed E-state index contributed by atoms with van der Waals surface area (Å²) in [6.07, 6.45) is 0. The molecule has 32 heavy (non-hydrogen) atoms. The second-order valence-electron chi connectivity index (χ2n) is 7.21. The molecule has 0 fully saturated rings. The van der Waals surface area contributed by atoms with Crippen molar-refractivity contribution in [2.24, 2.45) is 0 Å². The quantitative estimate of drug-likeness (QED) is 0.543. The van der Waals surface area contributed by atoms with Gasteiger partial charge in [0.1, 0.15) is 11.6 Å². The largest absolute Gasteiger partial charge is 0.497 e. The number of hydrogen-bond donors (Lipinski definition) is 1. The Morgan fingerprint density at radius 2 is 2.03 bits per heavy atom. The predicted molar refractivity (Wildman–Crippen MR) is 126 cm³/mol. The Morgan fingerprint density at radius 3 is 2.72 bits per heavy atom. The molecule has 9 heteroatoms. The Balaban J connectivity index is 2.00. The van der Waals surface area contributed by atoms with Crippen molar-refractivity contribution in [2.75, 3.05) is 32.7 Å². The summed E-state index contributed by atoms with van der Waals surface area (Å²) in [5, 5.41) is 3.81. The summed E-state index contributed by atoms with van der Waals surface area (Å²) in [4.78, 5) is 32.6. The third kappa shape index (κ3) is 5.03. The zero-order valence-corrected chi connectivity index (χ0v) is 19.3. The van der Waals surface area contributed by atoms with Gasteiger partial charge in [0.05, 0.1) is 30.7 Å². The standard InChI is InChI=1S/C23H27ClN4O4/c1-5-27-21(26-20-10-9-16(24)13-19(20)22(27)29)15(2)28(11-12-31-3)23(30)25-17-7-6-8-18(14-17)32-4/h6-10,13-15H,5,11-12H2,1-4H3,(H,25,30). The van der Waals surface area contributed by atoms with Crippen molar-refractivity contribution in [3.05, 3.63) is 63.7 Å². The van der Waals surface area contributed by atoms with Crippen molar-refractivity contribution in [3.8, 4) is 5.75 Å². The summed E-state index contributed by atoms with van der Waals surface area (Å²) in [6.45, 7) is 4.76. The molecule has 0 saturated heterocycles. The van der Waals surface area contributed by atoms with Crippen molar-refractivity contribution < 1.29 is 14.3 Å². The Labute approximate surface area is 191 Å². The zero-order chi connectivity index (χ0) is 23.3. The first-order chi connectivity index (χ1) is 15.4. The van der Waals surface area contributed by atoms with E-state index in [4.69, 9.17) is 26.1 Å². The van der Waals surface area contributed by atoms with E-state index in [0.29, 0.717) is 52.9 Å². The van der Waals surface area contributed by atoms with Gasteiger partial charge in [0, 0.05) is 37.0 Å². The van der Waals surface area contributed by atoms with E-state index in [1.54, 1.807) is 66.2 Å². The van der Waals surface area contributed by atoms with Crippen molar-refractivity contribution in [1.82, 2.24) is 14.5 Å². The van der Waals surface area contributed by atoms with E-state index in [0.717, 1.165) is 0 Å². The van der Waals surface area contributed by atoms with Crippen LogP contribution >= 0.6 is 11.6 Å². The first-order valence-electron chi connectivity index (χ1n) is 10.3. The second kappa shape index (κ2) is 10.5. The van der Waals surface area contributed by atoms with Crippen LogP contribution in [0.5, 0.6) is 5.75 Å². The maximum atomic E-state index is 13.2. The molecule has 0 aliphatic rings. The van der Waals surface area contributed by atoms with Crippen LogP contribution in [-0.2, 0) is 11.3 Å². The number of benzene rings is 2. The molecule has 8 nitrogen and oxygen atoms in total. The normalized spacial score (nSPS) is 11.9. The number of ether oxygens (including phenoxy) is 2. The van der Waals surface area contributed by atoms with Crippen molar-refractivity contribution in [2.45, 2.75) is 26.4 Å². The molecule has 1 aromatic heterocycles. The number of nitrogens with zero attached hydrogens (tertiary/aromatic N) is 3. The van der Waals surface area contributed by atoms with Crippen LogP contribution in [0.25, 0.3) is 10.9 Å². The van der Waals surface area contributed by atoms with E-state index in [-0.39, 0.29) is 11.6 Å². The highest BCUT2D eigenvalue weighted by molar-refractivity contribution is 6.31. The molecule has 1 N–H and O–H groups in total. The summed E-state index contributed by atoms with van der Waals surface area (Å²) < 4.78 is 12.0. The number of urea groups is 1. The van der Waals surface area contributed by atoms with Gasteiger partial charge in [-0.2, -0.15) is 0 Å². The summed E-state index contributed by atoms with van der Waals surface area (Å²) >= 11 is 6.08. The Kier molecular flexibility index (Phi) is 7.71. The molecule has 2 amide bonds. The molecule has 0 radical (unpaired) electrons. The van der Waals surface area contributed by atoms with E-state index in [2.05, 4.69) is 5.32 Å². The molecule has 0 saturated carbocycles. The summed E-state index contributed by atoms with van der Waals surface area (Å²) in [5.41, 5.74) is 0.936. The number of anilines is 1. The van der Waals surface area contributed by atoms with Crippen LogP contribution < -0.4 is 15.6 Å². The van der Waals surface area contributed by atoms with Gasteiger partial charge in [-0.25, -0.2) is 9.78 Å². The van der Waals surface area contributed by atoms with Gasteiger partial charge >= 0.3 is 6.03 Å². The van der Waals surface area contributed by atoms with E-state index in [1.165, 1.54) is 0 Å². The van der Waals surface area contributed by atoms with Gasteiger partial charge in [0.25, 0.3) is 5.56 Å². The maximum Gasteiger partial charge on any atom is 0.322 e. The second-order valence-corrected chi connectivity index (χ2v) is 7.64. The number of hydrogen-bond acceptors (Lipinski definition) is 5. The molecule has 1 atom stereocenters. The predicted octanol–water partition coefficient (Wildman–Crippen LogP) is 4.32. The van der Waals surface area contributed by atoms with Crippen molar-refractivity contribution >= 4 is 34.2 Å². The van der Waals surface area contributed by atoms with Gasteiger partial charge in [-0.1, -0.05) is 17.7 Å². The molecule has 3 rings (SSSR count). The van der Waals surface area contributed by atoms with Crippen molar-refractivity contribution in [1.29, 1.82) is 0 Å². The average Bonchev–Trinajstić information content (AvgIpc) is 2.79. The fourth-order valence-electron chi connectivity index (χ4n) is 3.53. The number of amides is 2. The van der Waals surface area contributed by atoms with Gasteiger partial charge in [-0.15, -0.1) is 0 Å². The first-order valence-corrected chi connectivity index (χ1v) is 10.7. The average molecular weight is 459 g/mol. The number of methoxy groups -OCH3 is 2. The lowest BCUT2D eigenvalue weighted by molar-refractivity contribution is 0.136. The van der Waals surface area contributed by atoms with E-state index < -0.39 is 6.04 Å². The lowest BCUT2D eigenvalue weighted by Gasteiger charge is -2.30. The third-order valence-corrected chi connectivity index (χ3v) is 5.46. The lowest BCUT2D eigenvalue weighted by Crippen LogP contribution is -2.41. The highest BCUT2D eigenvalue weighted by Gasteiger charge is 2.26. The van der Waals surface area contributed by atoms with E-state index >= 15 is 0 Å². The molecule has 0 spiro atoms. The summed E-state index contributed by atoms with van der Waals surface area (Å²) in [7, 11) is 3.14. The van der Waals surface area contributed by atoms with Crippen LogP contribution in [0.4, 0.5) is 10.5 Å². The van der Waals surface area contributed by atoms with Crippen LogP contribution in [0.3, 0.4) is 0 Å². The van der Waals surface area contributed by atoms with Crippen LogP contribution in [-0.4, -0.2) is 47.9 Å². The molecule has 1 heterocycles. The molecule has 2 aromatic carbocycles. The van der Waals surface area contributed by atoms with E-state index in [9.17, 15) is 9.59 Å². The fraction of sp³-hybridized carbons (Fsp3) is 0.348. The van der Waals surface area contributed by atoms with Gasteiger partial charge in [-0.3, -0.25) is 9.36 Å². The van der Waals surface area contributed by atoms with Crippen molar-refractivity contribution in [3.63, 3.8) is 0 Å². The van der Waals surface area contributed by atoms with E-state index in [1.807, 2.05) is 13.8 Å². The van der Waals surface area contributed by atoms with Gasteiger partial charge in [0.2, 0.25) is 0 Å². The third-order valence-electron chi connectivity index (χ3n) is 5.22. The molecule has 1 unspecified atom stereocenters. The van der Waals surface area contributed by atoms with Gasteiger partial charge < -0.3 is 19.7 Å². The number of halogens is 1. The smallest absolute Gasteiger partial charge is 0.322 e. The Bertz CT molecular complexity index is 1160. The number of aromatic nitrogens is 2. The SMILES string of the molecule is CCn1c(C(C)N(CCOC)C(=O)Nc2cccc(OC)c2)nc2ccc(Cl)cc2c1=O. The van der Waals surface area contributed by atoms with Crippen LogP contribution in [0.1, 0.15) is 25.7 Å². The molecule has 0 aliphatic heterocycles. The molecule has 0 aliphatic carbocycles. The Hall–Kier alpha value is -3.10. The number of carbonyl (C=O) groups is 1. The van der Waals surface area contributed by atoms with Crippen LogP contribution in [0.2, 0.25) is 5.02 Å². The highest BCUT2D eigenvalue weighted by Crippen LogP contribution is 2.23. The Morgan fingerprint density at radius 1 is 1.25 bits per heavy atom. The molecule has 170 valence electrons. The minimum Gasteiger partial charge on any atom is -0.497 e. The van der Waals surface area contributed by atoms with Gasteiger partial charge in [0.15, 0.2) is 0 Å². The highest BCUT2D eigenvalue weighted by atomic mass is 35.5. The van der Waals surface area contributed by atoms with Crippen LogP contribution in [0, 0.1) is 0 Å². The molecular weight excluding hydrogens is 432 g/mol. The van der Waals surface area contributed by atoms with Gasteiger partial charge in [-0.05, 0) is 44.2 Å². The monoisotopic (exact) mass is 458 g/mol. The van der Waals surface area contributed by atoms with Crippen LogP contribution in [0.15, 0.2) is 47.3 Å². The number of rotatable bonds is 8.